The molecular formula is C13H25N3. The highest BCUT2D eigenvalue weighted by molar-refractivity contribution is 4.95. The predicted octanol–water partition coefficient (Wildman–Crippen LogP) is 1.27. The maximum absolute atomic E-state index is 3.79. The number of hydrogen-bond donors (Lipinski definition) is 3. The molecule has 16 heavy (non-hydrogen) atoms. The van der Waals surface area contributed by atoms with Crippen molar-refractivity contribution in [1.29, 1.82) is 0 Å². The first-order valence-electron chi connectivity index (χ1n) is 6.98. The van der Waals surface area contributed by atoms with Crippen molar-refractivity contribution in [3.8, 4) is 0 Å². The lowest BCUT2D eigenvalue weighted by atomic mass is 9.75. The quantitative estimate of drug-likeness (QED) is 0.579. The summed E-state index contributed by atoms with van der Waals surface area (Å²) in [5.74, 6) is 2.58. The first-order valence-corrected chi connectivity index (χ1v) is 6.98. The lowest BCUT2D eigenvalue weighted by Crippen LogP contribution is -2.67. The molecule has 0 aromatic carbocycles. The Labute approximate surface area is 98.8 Å². The van der Waals surface area contributed by atoms with E-state index in [1.807, 2.05) is 0 Å². The molecule has 3 saturated heterocycles. The molecule has 3 heteroatoms. The van der Waals surface area contributed by atoms with Crippen molar-refractivity contribution >= 4 is 0 Å². The fraction of sp³-hybridized carbons (Fsp3) is 1.00. The van der Waals surface area contributed by atoms with Crippen molar-refractivity contribution in [2.45, 2.75) is 57.9 Å². The van der Waals surface area contributed by atoms with Crippen LogP contribution in [-0.4, -0.2) is 24.9 Å². The van der Waals surface area contributed by atoms with Crippen LogP contribution < -0.4 is 16.0 Å². The molecule has 0 aliphatic carbocycles. The van der Waals surface area contributed by atoms with E-state index in [1.54, 1.807) is 0 Å². The van der Waals surface area contributed by atoms with Gasteiger partial charge in [0.2, 0.25) is 0 Å². The Kier molecular flexibility index (Phi) is 2.94. The van der Waals surface area contributed by atoms with Crippen LogP contribution in [0.3, 0.4) is 0 Å². The molecule has 0 bridgehead atoms. The van der Waals surface area contributed by atoms with Gasteiger partial charge in [-0.05, 0) is 56.9 Å². The molecular weight excluding hydrogens is 198 g/mol. The van der Waals surface area contributed by atoms with Gasteiger partial charge in [-0.3, -0.25) is 10.6 Å². The topological polar surface area (TPSA) is 36.1 Å². The standard InChI is InChI=1S/C13H25N3/c1-8-5-11-6-10-4-3-9(2)15-13(10)16-12(11)14-7-8/h8-16H,3-7H2,1-2H3. The minimum Gasteiger partial charge on any atom is -0.301 e. The lowest BCUT2D eigenvalue weighted by Gasteiger charge is -2.49. The Balaban J connectivity index is 1.66. The third kappa shape index (κ3) is 2.01. The van der Waals surface area contributed by atoms with Gasteiger partial charge in [0.15, 0.2) is 0 Å². The van der Waals surface area contributed by atoms with E-state index in [0.29, 0.717) is 18.4 Å². The summed E-state index contributed by atoms with van der Waals surface area (Å²) in [5.41, 5.74) is 0. The van der Waals surface area contributed by atoms with Crippen LogP contribution in [0.15, 0.2) is 0 Å². The monoisotopic (exact) mass is 223 g/mol. The van der Waals surface area contributed by atoms with Crippen LogP contribution in [0, 0.1) is 17.8 Å². The molecule has 3 rings (SSSR count). The average Bonchev–Trinajstić information content (AvgIpc) is 2.26. The molecule has 3 nitrogen and oxygen atoms in total. The Morgan fingerprint density at radius 3 is 2.62 bits per heavy atom. The zero-order chi connectivity index (χ0) is 11.1. The van der Waals surface area contributed by atoms with Crippen LogP contribution in [0.2, 0.25) is 0 Å². The molecule has 3 heterocycles. The maximum Gasteiger partial charge on any atom is 0.0614 e. The summed E-state index contributed by atoms with van der Waals surface area (Å²) in [7, 11) is 0. The third-order valence-electron chi connectivity index (χ3n) is 4.73. The van der Waals surface area contributed by atoms with Crippen LogP contribution in [0.5, 0.6) is 0 Å². The molecule has 92 valence electrons. The maximum atomic E-state index is 3.79. The summed E-state index contributed by atoms with van der Waals surface area (Å²) >= 11 is 0. The zero-order valence-corrected chi connectivity index (χ0v) is 10.5. The fourth-order valence-electron chi connectivity index (χ4n) is 3.84. The highest BCUT2D eigenvalue weighted by Gasteiger charge is 2.40. The number of nitrogens with one attached hydrogen (secondary N) is 3. The van der Waals surface area contributed by atoms with Crippen LogP contribution in [0.4, 0.5) is 0 Å². The van der Waals surface area contributed by atoms with Gasteiger partial charge in [0.1, 0.15) is 0 Å². The Hall–Kier alpha value is -0.120. The molecule has 0 aromatic heterocycles. The van der Waals surface area contributed by atoms with E-state index in [9.17, 15) is 0 Å². The van der Waals surface area contributed by atoms with Gasteiger partial charge in [-0.15, -0.1) is 0 Å². The molecule has 0 amide bonds. The Bertz CT molecular complexity index is 230. The Morgan fingerprint density at radius 1 is 0.875 bits per heavy atom. The minimum atomic E-state index is 0.561. The van der Waals surface area contributed by atoms with Crippen molar-refractivity contribution in [3.63, 3.8) is 0 Å². The van der Waals surface area contributed by atoms with Crippen LogP contribution in [0.25, 0.3) is 0 Å². The second-order valence-electron chi connectivity index (χ2n) is 6.27. The molecule has 3 aliphatic heterocycles. The summed E-state index contributed by atoms with van der Waals surface area (Å²) < 4.78 is 0. The van der Waals surface area contributed by atoms with Gasteiger partial charge in [0, 0.05) is 6.04 Å². The van der Waals surface area contributed by atoms with Crippen LogP contribution in [-0.2, 0) is 0 Å². The molecule has 3 fully saturated rings. The van der Waals surface area contributed by atoms with Gasteiger partial charge >= 0.3 is 0 Å². The predicted molar refractivity (Wildman–Crippen MR) is 65.9 cm³/mol. The summed E-state index contributed by atoms with van der Waals surface area (Å²) in [6, 6.07) is 0.688. The summed E-state index contributed by atoms with van der Waals surface area (Å²) in [4.78, 5) is 0. The van der Waals surface area contributed by atoms with E-state index < -0.39 is 0 Å². The van der Waals surface area contributed by atoms with Gasteiger partial charge in [-0.2, -0.15) is 0 Å². The minimum absolute atomic E-state index is 0.561. The highest BCUT2D eigenvalue weighted by atomic mass is 15.3. The molecule has 0 aromatic rings. The molecule has 3 N–H and O–H groups in total. The highest BCUT2D eigenvalue weighted by Crippen LogP contribution is 2.35. The van der Waals surface area contributed by atoms with Gasteiger partial charge < -0.3 is 5.32 Å². The molecule has 0 radical (unpaired) electrons. The van der Waals surface area contributed by atoms with Crippen molar-refractivity contribution in [2.75, 3.05) is 6.54 Å². The summed E-state index contributed by atoms with van der Waals surface area (Å²) in [5, 5.41) is 11.2. The Morgan fingerprint density at radius 2 is 1.75 bits per heavy atom. The lowest BCUT2D eigenvalue weighted by molar-refractivity contribution is 0.0499. The van der Waals surface area contributed by atoms with E-state index in [1.165, 1.54) is 32.2 Å². The molecule has 6 atom stereocenters. The first kappa shape index (κ1) is 11.0. The largest absolute Gasteiger partial charge is 0.301 e. The third-order valence-corrected chi connectivity index (χ3v) is 4.73. The SMILES string of the molecule is CC1CNC2NC3NC(C)CCC3CC2C1. The normalized spacial score (nSPS) is 52.9. The zero-order valence-electron chi connectivity index (χ0n) is 10.5. The fourth-order valence-corrected chi connectivity index (χ4v) is 3.84. The van der Waals surface area contributed by atoms with Crippen molar-refractivity contribution in [2.24, 2.45) is 17.8 Å². The summed E-state index contributed by atoms with van der Waals surface area (Å²) in [6.07, 6.45) is 6.70. The van der Waals surface area contributed by atoms with Crippen molar-refractivity contribution < 1.29 is 0 Å². The number of fused-ring (bicyclic) bond motifs is 2. The second kappa shape index (κ2) is 4.28. The van der Waals surface area contributed by atoms with Crippen LogP contribution in [0.1, 0.15) is 39.5 Å². The number of hydrogen-bond acceptors (Lipinski definition) is 3. The molecule has 3 aliphatic rings. The first-order chi connectivity index (χ1) is 7.72. The van der Waals surface area contributed by atoms with Crippen LogP contribution >= 0.6 is 0 Å². The van der Waals surface area contributed by atoms with E-state index in [2.05, 4.69) is 29.8 Å². The van der Waals surface area contributed by atoms with Gasteiger partial charge in [0.05, 0.1) is 12.3 Å². The van der Waals surface area contributed by atoms with Gasteiger partial charge in [-0.1, -0.05) is 6.92 Å². The molecule has 6 unspecified atom stereocenters. The molecule has 0 spiro atoms. The van der Waals surface area contributed by atoms with E-state index in [-0.39, 0.29) is 0 Å². The number of piperidine rings is 3. The van der Waals surface area contributed by atoms with E-state index in [4.69, 9.17) is 0 Å². The summed E-state index contributed by atoms with van der Waals surface area (Å²) in [6.45, 7) is 5.86. The smallest absolute Gasteiger partial charge is 0.0614 e. The second-order valence-corrected chi connectivity index (χ2v) is 6.27. The van der Waals surface area contributed by atoms with Crippen molar-refractivity contribution in [1.82, 2.24) is 16.0 Å². The number of rotatable bonds is 0. The van der Waals surface area contributed by atoms with Gasteiger partial charge in [-0.25, -0.2) is 0 Å². The van der Waals surface area contributed by atoms with Crippen molar-refractivity contribution in [3.05, 3.63) is 0 Å². The average molecular weight is 223 g/mol. The van der Waals surface area contributed by atoms with E-state index in [0.717, 1.165) is 17.8 Å². The van der Waals surface area contributed by atoms with E-state index >= 15 is 0 Å². The molecule has 0 saturated carbocycles. The van der Waals surface area contributed by atoms with Gasteiger partial charge in [0.25, 0.3) is 0 Å².